The Kier molecular flexibility index (Phi) is 5.77. The lowest BCUT2D eigenvalue weighted by molar-refractivity contribution is 0.414. The van der Waals surface area contributed by atoms with Crippen LogP contribution in [-0.2, 0) is 0 Å². The van der Waals surface area contributed by atoms with Crippen molar-refractivity contribution in [2.45, 2.75) is 10.9 Å². The standard InChI is InChI=1S/C16H18ClNOS/c1-18-15(11-20-13-6-4-3-5-7-13)12-8-9-14(17)16(10-12)19-2/h3-10,15,18H,11H2,1-2H3. The number of thioether (sulfide) groups is 1. The largest absolute Gasteiger partial charge is 0.495 e. The Morgan fingerprint density at radius 3 is 2.60 bits per heavy atom. The molecule has 2 rings (SSSR count). The van der Waals surface area contributed by atoms with Crippen LogP contribution in [-0.4, -0.2) is 19.9 Å². The molecule has 0 aliphatic heterocycles. The zero-order valence-corrected chi connectivity index (χ0v) is 13.2. The average molecular weight is 308 g/mol. The molecular formula is C16H18ClNOS. The van der Waals surface area contributed by atoms with Crippen LogP contribution in [0.5, 0.6) is 5.75 Å². The monoisotopic (exact) mass is 307 g/mol. The summed E-state index contributed by atoms with van der Waals surface area (Å²) in [6.07, 6.45) is 0. The maximum absolute atomic E-state index is 6.07. The predicted molar refractivity (Wildman–Crippen MR) is 87.0 cm³/mol. The molecule has 0 saturated heterocycles. The molecule has 0 aromatic heterocycles. The molecule has 0 amide bonds. The highest BCUT2D eigenvalue weighted by Crippen LogP contribution is 2.30. The molecule has 2 aromatic carbocycles. The van der Waals surface area contributed by atoms with Gasteiger partial charge in [0, 0.05) is 16.7 Å². The smallest absolute Gasteiger partial charge is 0.137 e. The van der Waals surface area contributed by atoms with E-state index < -0.39 is 0 Å². The molecule has 20 heavy (non-hydrogen) atoms. The van der Waals surface area contributed by atoms with Crippen molar-refractivity contribution in [2.75, 3.05) is 19.9 Å². The summed E-state index contributed by atoms with van der Waals surface area (Å²) in [4.78, 5) is 1.27. The first-order valence-corrected chi connectivity index (χ1v) is 7.79. The van der Waals surface area contributed by atoms with Crippen molar-refractivity contribution in [1.82, 2.24) is 5.32 Å². The van der Waals surface area contributed by atoms with Gasteiger partial charge in [-0.2, -0.15) is 0 Å². The van der Waals surface area contributed by atoms with Crippen molar-refractivity contribution in [2.24, 2.45) is 0 Å². The number of methoxy groups -OCH3 is 1. The van der Waals surface area contributed by atoms with Gasteiger partial charge in [0.2, 0.25) is 0 Å². The number of hydrogen-bond donors (Lipinski definition) is 1. The minimum atomic E-state index is 0.256. The SMILES string of the molecule is CNC(CSc1ccccc1)c1ccc(Cl)c(OC)c1. The van der Waals surface area contributed by atoms with Crippen LogP contribution in [0.2, 0.25) is 5.02 Å². The van der Waals surface area contributed by atoms with Gasteiger partial charge < -0.3 is 10.1 Å². The Balaban J connectivity index is 2.08. The van der Waals surface area contributed by atoms with E-state index in [1.165, 1.54) is 10.5 Å². The number of benzene rings is 2. The summed E-state index contributed by atoms with van der Waals surface area (Å²) in [7, 11) is 3.61. The fraction of sp³-hybridized carbons (Fsp3) is 0.250. The van der Waals surface area contributed by atoms with Crippen molar-refractivity contribution in [3.63, 3.8) is 0 Å². The van der Waals surface area contributed by atoms with Crippen LogP contribution in [0.3, 0.4) is 0 Å². The lowest BCUT2D eigenvalue weighted by Gasteiger charge is -2.17. The molecule has 0 bridgehead atoms. The van der Waals surface area contributed by atoms with E-state index in [2.05, 4.69) is 29.6 Å². The molecule has 0 heterocycles. The molecule has 0 spiro atoms. The van der Waals surface area contributed by atoms with E-state index in [4.69, 9.17) is 16.3 Å². The van der Waals surface area contributed by atoms with Gasteiger partial charge in [0.05, 0.1) is 12.1 Å². The maximum Gasteiger partial charge on any atom is 0.137 e. The van der Waals surface area contributed by atoms with Crippen LogP contribution in [0.4, 0.5) is 0 Å². The predicted octanol–water partition coefficient (Wildman–Crippen LogP) is 4.40. The van der Waals surface area contributed by atoms with Crippen molar-refractivity contribution in [1.29, 1.82) is 0 Å². The van der Waals surface area contributed by atoms with Crippen LogP contribution < -0.4 is 10.1 Å². The molecule has 106 valence electrons. The number of ether oxygens (including phenoxy) is 1. The Morgan fingerprint density at radius 1 is 1.20 bits per heavy atom. The maximum atomic E-state index is 6.07. The molecule has 2 nitrogen and oxygen atoms in total. The van der Waals surface area contributed by atoms with Crippen LogP contribution in [0.15, 0.2) is 53.4 Å². The average Bonchev–Trinajstić information content (AvgIpc) is 2.50. The third-order valence-corrected chi connectivity index (χ3v) is 4.50. The summed E-state index contributed by atoms with van der Waals surface area (Å²) in [5.41, 5.74) is 1.18. The van der Waals surface area contributed by atoms with Gasteiger partial charge in [-0.1, -0.05) is 35.9 Å². The molecule has 4 heteroatoms. The van der Waals surface area contributed by atoms with Crippen LogP contribution >= 0.6 is 23.4 Å². The summed E-state index contributed by atoms with van der Waals surface area (Å²) in [6, 6.07) is 16.6. The highest BCUT2D eigenvalue weighted by atomic mass is 35.5. The van der Waals surface area contributed by atoms with E-state index in [9.17, 15) is 0 Å². The van der Waals surface area contributed by atoms with E-state index in [-0.39, 0.29) is 6.04 Å². The molecule has 0 fully saturated rings. The molecule has 1 unspecified atom stereocenters. The van der Waals surface area contributed by atoms with E-state index in [1.54, 1.807) is 7.11 Å². The lowest BCUT2D eigenvalue weighted by Crippen LogP contribution is -2.18. The molecule has 0 saturated carbocycles. The van der Waals surface area contributed by atoms with Crippen molar-refractivity contribution >= 4 is 23.4 Å². The molecule has 0 radical (unpaired) electrons. The van der Waals surface area contributed by atoms with Crippen molar-refractivity contribution in [3.8, 4) is 5.75 Å². The summed E-state index contributed by atoms with van der Waals surface area (Å²) in [5.74, 6) is 1.67. The first-order valence-electron chi connectivity index (χ1n) is 6.43. The third-order valence-electron chi connectivity index (χ3n) is 3.09. The van der Waals surface area contributed by atoms with Gasteiger partial charge in [0.25, 0.3) is 0 Å². The molecule has 1 N–H and O–H groups in total. The summed E-state index contributed by atoms with van der Waals surface area (Å²) >= 11 is 7.90. The summed E-state index contributed by atoms with van der Waals surface area (Å²) < 4.78 is 5.28. The molecule has 1 atom stereocenters. The molecular weight excluding hydrogens is 290 g/mol. The first-order chi connectivity index (χ1) is 9.74. The number of rotatable bonds is 6. The Labute approximate surface area is 129 Å². The van der Waals surface area contributed by atoms with Gasteiger partial charge in [-0.05, 0) is 36.9 Å². The second-order valence-corrected chi connectivity index (χ2v) is 5.86. The number of halogens is 1. The van der Waals surface area contributed by atoms with Crippen molar-refractivity contribution < 1.29 is 4.74 Å². The summed E-state index contributed by atoms with van der Waals surface area (Å²) in [6.45, 7) is 0. The Hall–Kier alpha value is -1.16. The van der Waals surface area contributed by atoms with Gasteiger partial charge in [-0.15, -0.1) is 11.8 Å². The number of nitrogens with one attached hydrogen (secondary N) is 1. The third kappa shape index (κ3) is 3.92. The second-order valence-electron chi connectivity index (χ2n) is 4.36. The lowest BCUT2D eigenvalue weighted by atomic mass is 10.1. The van der Waals surface area contributed by atoms with Gasteiger partial charge in [0.15, 0.2) is 0 Å². The fourth-order valence-electron chi connectivity index (χ4n) is 1.94. The molecule has 0 aliphatic carbocycles. The summed E-state index contributed by atoms with van der Waals surface area (Å²) in [5, 5.41) is 3.98. The fourth-order valence-corrected chi connectivity index (χ4v) is 3.20. The van der Waals surface area contributed by atoms with Gasteiger partial charge in [-0.25, -0.2) is 0 Å². The van der Waals surface area contributed by atoms with E-state index in [0.717, 1.165) is 5.75 Å². The second kappa shape index (κ2) is 7.58. The van der Waals surface area contributed by atoms with Gasteiger partial charge in [0.1, 0.15) is 5.75 Å². The Morgan fingerprint density at radius 2 is 1.95 bits per heavy atom. The minimum absolute atomic E-state index is 0.256. The van der Waals surface area contributed by atoms with Crippen LogP contribution in [0.25, 0.3) is 0 Å². The van der Waals surface area contributed by atoms with Gasteiger partial charge in [-0.3, -0.25) is 0 Å². The number of hydrogen-bond acceptors (Lipinski definition) is 3. The quantitative estimate of drug-likeness (QED) is 0.799. The zero-order valence-electron chi connectivity index (χ0n) is 11.6. The van der Waals surface area contributed by atoms with Crippen LogP contribution in [0, 0.1) is 0 Å². The Bertz CT molecular complexity index is 547. The zero-order chi connectivity index (χ0) is 14.4. The van der Waals surface area contributed by atoms with Crippen LogP contribution in [0.1, 0.15) is 11.6 Å². The van der Waals surface area contributed by atoms with E-state index in [0.29, 0.717) is 10.8 Å². The first kappa shape index (κ1) is 15.2. The topological polar surface area (TPSA) is 21.3 Å². The highest BCUT2D eigenvalue weighted by Gasteiger charge is 2.12. The molecule has 2 aromatic rings. The van der Waals surface area contributed by atoms with E-state index >= 15 is 0 Å². The normalized spacial score (nSPS) is 12.2. The van der Waals surface area contributed by atoms with Gasteiger partial charge >= 0.3 is 0 Å². The van der Waals surface area contributed by atoms with Crippen molar-refractivity contribution in [3.05, 3.63) is 59.1 Å². The highest BCUT2D eigenvalue weighted by molar-refractivity contribution is 7.99. The molecule has 0 aliphatic rings. The minimum Gasteiger partial charge on any atom is -0.495 e. The van der Waals surface area contributed by atoms with E-state index in [1.807, 2.05) is 43.1 Å².